The predicted molar refractivity (Wildman–Crippen MR) is 36.6 cm³/mol. The fourth-order valence-corrected chi connectivity index (χ4v) is 1.66. The van der Waals surface area contributed by atoms with E-state index in [4.69, 9.17) is 0 Å². The van der Waals surface area contributed by atoms with Gasteiger partial charge in [0.1, 0.15) is 0 Å². The lowest BCUT2D eigenvalue weighted by molar-refractivity contribution is 0.735. The molecule has 3 unspecified atom stereocenters. The molecule has 1 heteroatoms. The fourth-order valence-electron chi connectivity index (χ4n) is 1.66. The zero-order chi connectivity index (χ0) is 3.98. The lowest BCUT2D eigenvalue weighted by Crippen LogP contribution is -1.64. The average molecular weight is 116 g/mol. The van der Waals surface area contributed by atoms with E-state index in [0.717, 1.165) is 0 Å². The van der Waals surface area contributed by atoms with Crippen LogP contribution in [-0.4, -0.2) is 0 Å². The van der Waals surface area contributed by atoms with Crippen molar-refractivity contribution in [1.29, 1.82) is 0 Å². The van der Waals surface area contributed by atoms with Gasteiger partial charge >= 0.3 is 0 Å². The minimum Gasteiger partial charge on any atom is -0.153 e. The molecule has 42 valence electrons. The summed E-state index contributed by atoms with van der Waals surface area (Å²) < 4.78 is 0. The molecule has 0 bridgehead atoms. The van der Waals surface area contributed by atoms with Crippen LogP contribution in [0.1, 0.15) is 25.7 Å². The molecule has 2 aliphatic carbocycles. The van der Waals surface area contributed by atoms with Crippen LogP contribution >= 0.6 is 9.90 Å². The Kier molecular flexibility index (Phi) is 1.39. The van der Waals surface area contributed by atoms with Crippen molar-refractivity contribution < 1.29 is 0 Å². The molecule has 2 saturated carbocycles. The molecule has 2 fully saturated rings. The van der Waals surface area contributed by atoms with Gasteiger partial charge < -0.3 is 0 Å². The van der Waals surface area contributed by atoms with E-state index in [1.807, 2.05) is 0 Å². The maximum atomic E-state index is 1.58. The quantitative estimate of drug-likeness (QED) is 0.424. The lowest BCUT2D eigenvalue weighted by atomic mass is 10.3. The molecule has 0 aromatic rings. The molecule has 0 saturated heterocycles. The Bertz CT molecular complexity index is 62.6. The number of hydrogen-bond donors (Lipinski definition) is 0. The Morgan fingerprint density at radius 3 is 1.71 bits per heavy atom. The van der Waals surface area contributed by atoms with Crippen LogP contribution in [0.5, 0.6) is 0 Å². The van der Waals surface area contributed by atoms with Gasteiger partial charge in [0.25, 0.3) is 0 Å². The number of hydrogen-bond acceptors (Lipinski definition) is 0. The van der Waals surface area contributed by atoms with Crippen molar-refractivity contribution in [3.8, 4) is 0 Å². The summed E-state index contributed by atoms with van der Waals surface area (Å²) in [6.07, 6.45) is 6.24. The highest BCUT2D eigenvalue weighted by molar-refractivity contribution is 6.92. The summed E-state index contributed by atoms with van der Waals surface area (Å²) in [7, 11) is 0. The monoisotopic (exact) mass is 116 g/mol. The standard InChI is InChI=1S/C6H10.H3P/c1-2-5-4-6(5)3-1;/h5-6H,1-4H2;1H3. The Labute approximate surface area is 48.3 Å². The van der Waals surface area contributed by atoms with Gasteiger partial charge in [-0.2, -0.15) is 9.90 Å². The van der Waals surface area contributed by atoms with Gasteiger partial charge in [0.15, 0.2) is 0 Å². The SMILES string of the molecule is C1CC2CC2C1.P. The molecule has 0 aromatic carbocycles. The van der Waals surface area contributed by atoms with Gasteiger partial charge in [-0.1, -0.05) is 19.3 Å². The Hall–Kier alpha value is 0.430. The highest BCUT2D eigenvalue weighted by Crippen LogP contribution is 2.51. The molecule has 0 spiro atoms. The molecule has 0 aliphatic heterocycles. The second kappa shape index (κ2) is 1.74. The highest BCUT2D eigenvalue weighted by Gasteiger charge is 2.40. The third-order valence-electron chi connectivity index (χ3n) is 2.22. The predicted octanol–water partition coefficient (Wildman–Crippen LogP) is 1.86. The third kappa shape index (κ3) is 0.817. The summed E-state index contributed by atoms with van der Waals surface area (Å²) >= 11 is 0. The molecule has 2 rings (SSSR count). The first-order chi connectivity index (χ1) is 2.97. The van der Waals surface area contributed by atoms with Gasteiger partial charge in [0.2, 0.25) is 0 Å². The zero-order valence-corrected chi connectivity index (χ0v) is 6.10. The van der Waals surface area contributed by atoms with Crippen LogP contribution in [0.2, 0.25) is 0 Å². The molecule has 0 radical (unpaired) electrons. The fraction of sp³-hybridized carbons (Fsp3) is 1.00. The minimum absolute atomic E-state index is 0. The van der Waals surface area contributed by atoms with Crippen molar-refractivity contribution >= 4 is 9.90 Å². The van der Waals surface area contributed by atoms with E-state index in [1.54, 1.807) is 19.3 Å². The topological polar surface area (TPSA) is 0 Å². The summed E-state index contributed by atoms with van der Waals surface area (Å²) in [6.45, 7) is 0. The second-order valence-corrected chi connectivity index (χ2v) is 2.69. The molecule has 7 heavy (non-hydrogen) atoms. The molecule has 0 N–H and O–H groups in total. The molecule has 0 heterocycles. The maximum Gasteiger partial charge on any atom is -0.0383 e. The van der Waals surface area contributed by atoms with Crippen molar-refractivity contribution in [2.24, 2.45) is 11.8 Å². The first-order valence-corrected chi connectivity index (χ1v) is 2.97. The van der Waals surface area contributed by atoms with Gasteiger partial charge in [-0.15, -0.1) is 0 Å². The summed E-state index contributed by atoms with van der Waals surface area (Å²) in [5, 5.41) is 0. The van der Waals surface area contributed by atoms with Crippen molar-refractivity contribution in [2.45, 2.75) is 25.7 Å². The second-order valence-electron chi connectivity index (χ2n) is 2.69. The van der Waals surface area contributed by atoms with Gasteiger partial charge in [-0.05, 0) is 18.3 Å². The van der Waals surface area contributed by atoms with Crippen LogP contribution in [0.25, 0.3) is 0 Å². The van der Waals surface area contributed by atoms with Crippen LogP contribution in [0.4, 0.5) is 0 Å². The van der Waals surface area contributed by atoms with Crippen LogP contribution in [0.15, 0.2) is 0 Å². The van der Waals surface area contributed by atoms with E-state index in [0.29, 0.717) is 0 Å². The van der Waals surface area contributed by atoms with Gasteiger partial charge in [0.05, 0.1) is 0 Å². The lowest BCUT2D eigenvalue weighted by Gasteiger charge is -1.80. The molecule has 0 nitrogen and oxygen atoms in total. The van der Waals surface area contributed by atoms with E-state index < -0.39 is 0 Å². The molecule has 0 aromatic heterocycles. The Morgan fingerprint density at radius 2 is 1.57 bits per heavy atom. The van der Waals surface area contributed by atoms with Crippen LogP contribution < -0.4 is 0 Å². The van der Waals surface area contributed by atoms with Crippen molar-refractivity contribution in [3.05, 3.63) is 0 Å². The minimum atomic E-state index is 0. The first kappa shape index (κ1) is 5.56. The smallest absolute Gasteiger partial charge is 0.0383 e. The molecule has 0 amide bonds. The van der Waals surface area contributed by atoms with E-state index in [9.17, 15) is 0 Å². The highest BCUT2D eigenvalue weighted by atomic mass is 31.0. The van der Waals surface area contributed by atoms with Crippen LogP contribution in [0, 0.1) is 11.8 Å². The van der Waals surface area contributed by atoms with E-state index >= 15 is 0 Å². The van der Waals surface area contributed by atoms with Crippen molar-refractivity contribution in [2.75, 3.05) is 0 Å². The van der Waals surface area contributed by atoms with Gasteiger partial charge in [0, 0.05) is 0 Å². The average Bonchev–Trinajstić information content (AvgIpc) is 2.17. The third-order valence-corrected chi connectivity index (χ3v) is 2.22. The zero-order valence-electron chi connectivity index (χ0n) is 4.69. The number of fused-ring (bicyclic) bond motifs is 1. The van der Waals surface area contributed by atoms with E-state index in [1.165, 1.54) is 18.3 Å². The number of rotatable bonds is 0. The van der Waals surface area contributed by atoms with Crippen molar-refractivity contribution in [3.63, 3.8) is 0 Å². The normalized spacial score (nSPS) is 44.6. The Balaban J connectivity index is 0.000000245. The van der Waals surface area contributed by atoms with Crippen LogP contribution in [-0.2, 0) is 0 Å². The van der Waals surface area contributed by atoms with E-state index in [-0.39, 0.29) is 9.90 Å². The van der Waals surface area contributed by atoms with Gasteiger partial charge in [-0.3, -0.25) is 0 Å². The summed E-state index contributed by atoms with van der Waals surface area (Å²) in [5.74, 6) is 2.43. The van der Waals surface area contributed by atoms with Gasteiger partial charge in [-0.25, -0.2) is 0 Å². The van der Waals surface area contributed by atoms with Crippen molar-refractivity contribution in [1.82, 2.24) is 0 Å². The summed E-state index contributed by atoms with van der Waals surface area (Å²) in [6, 6.07) is 0. The first-order valence-electron chi connectivity index (χ1n) is 2.97. The summed E-state index contributed by atoms with van der Waals surface area (Å²) in [4.78, 5) is 0. The maximum absolute atomic E-state index is 1.58. The van der Waals surface area contributed by atoms with E-state index in [2.05, 4.69) is 0 Å². The van der Waals surface area contributed by atoms with Crippen LogP contribution in [0.3, 0.4) is 0 Å². The largest absolute Gasteiger partial charge is 0.153 e. The molecular formula is C6H13P. The Morgan fingerprint density at radius 1 is 1.00 bits per heavy atom. The molecular weight excluding hydrogens is 103 g/mol. The summed E-state index contributed by atoms with van der Waals surface area (Å²) in [5.41, 5.74) is 0. The molecule has 2 aliphatic rings. The molecule has 3 atom stereocenters.